The van der Waals surface area contributed by atoms with Crippen LogP contribution in [-0.4, -0.2) is 14.5 Å². The van der Waals surface area contributed by atoms with Gasteiger partial charge in [-0.25, -0.2) is 4.98 Å². The lowest BCUT2D eigenvalue weighted by molar-refractivity contribution is 0.697. The fourth-order valence-corrected chi connectivity index (χ4v) is 2.69. The number of nitrogens with zero attached hydrogens (tertiary/aromatic N) is 3. The van der Waals surface area contributed by atoms with Gasteiger partial charge >= 0.3 is 0 Å². The molecule has 1 unspecified atom stereocenters. The van der Waals surface area contributed by atoms with Crippen LogP contribution in [-0.2, 0) is 7.05 Å². The molecule has 0 aliphatic rings. The van der Waals surface area contributed by atoms with Gasteiger partial charge in [0.25, 0.3) is 0 Å². The van der Waals surface area contributed by atoms with Crippen LogP contribution in [0.15, 0.2) is 33.6 Å². The largest absolute Gasteiger partial charge is 0.336 e. The molecule has 0 aliphatic carbocycles. The van der Waals surface area contributed by atoms with Gasteiger partial charge in [0.05, 0.1) is 5.69 Å². The Morgan fingerprint density at radius 2 is 2.12 bits per heavy atom. The third-order valence-corrected chi connectivity index (χ3v) is 3.34. The second-order valence-electron chi connectivity index (χ2n) is 3.39. The van der Waals surface area contributed by atoms with Crippen LogP contribution in [0.1, 0.15) is 17.6 Å². The van der Waals surface area contributed by atoms with Gasteiger partial charge in [-0.15, -0.1) is 0 Å². The third kappa shape index (κ3) is 2.18. The number of halogens is 2. The Morgan fingerprint density at radius 3 is 2.69 bits per heavy atom. The molecular weight excluding hydrogens is 336 g/mol. The van der Waals surface area contributed by atoms with Crippen molar-refractivity contribution in [1.29, 1.82) is 0 Å². The number of hydrogen-bond donors (Lipinski definition) is 1. The number of aryl methyl sites for hydroxylation is 1. The first-order valence-electron chi connectivity index (χ1n) is 4.63. The molecule has 84 valence electrons. The molecule has 0 spiro atoms. The van der Waals surface area contributed by atoms with Gasteiger partial charge < -0.3 is 10.3 Å². The summed E-state index contributed by atoms with van der Waals surface area (Å²) in [7, 11) is 1.91. The average molecular weight is 346 g/mol. The summed E-state index contributed by atoms with van der Waals surface area (Å²) >= 11 is 6.80. The molecule has 0 aromatic carbocycles. The van der Waals surface area contributed by atoms with Crippen molar-refractivity contribution in [1.82, 2.24) is 14.5 Å². The zero-order chi connectivity index (χ0) is 11.7. The number of pyridine rings is 1. The molecule has 2 aromatic rings. The Balaban J connectivity index is 2.41. The maximum atomic E-state index is 6.12. The van der Waals surface area contributed by atoms with E-state index in [-0.39, 0.29) is 6.04 Å². The van der Waals surface area contributed by atoms with Crippen LogP contribution in [0.4, 0.5) is 0 Å². The standard InChI is InChI=1S/C10H10Br2N4/c1-16-3-2-14-10(16)8(13)9-7(12)4-6(11)5-15-9/h2-5,8H,13H2,1H3. The number of imidazole rings is 1. The Hall–Kier alpha value is -0.720. The molecule has 0 aliphatic heterocycles. The molecule has 0 radical (unpaired) electrons. The van der Waals surface area contributed by atoms with Crippen LogP contribution in [0.25, 0.3) is 0 Å². The summed E-state index contributed by atoms with van der Waals surface area (Å²) in [5, 5.41) is 0. The Kier molecular flexibility index (Phi) is 3.41. The highest BCUT2D eigenvalue weighted by molar-refractivity contribution is 9.11. The van der Waals surface area contributed by atoms with Gasteiger partial charge in [-0.1, -0.05) is 0 Å². The van der Waals surface area contributed by atoms with Crippen LogP contribution >= 0.6 is 31.9 Å². The van der Waals surface area contributed by atoms with Gasteiger partial charge in [0.15, 0.2) is 0 Å². The summed E-state index contributed by atoms with van der Waals surface area (Å²) in [5.41, 5.74) is 6.90. The molecule has 0 saturated heterocycles. The van der Waals surface area contributed by atoms with Gasteiger partial charge in [-0.3, -0.25) is 4.98 Å². The first kappa shape index (κ1) is 11.8. The third-order valence-electron chi connectivity index (χ3n) is 2.27. The molecule has 4 nitrogen and oxygen atoms in total. The predicted molar refractivity (Wildman–Crippen MR) is 68.9 cm³/mol. The number of aromatic nitrogens is 3. The lowest BCUT2D eigenvalue weighted by Crippen LogP contribution is -2.18. The summed E-state index contributed by atoms with van der Waals surface area (Å²) in [6.45, 7) is 0. The minimum Gasteiger partial charge on any atom is -0.336 e. The maximum absolute atomic E-state index is 6.12. The number of hydrogen-bond acceptors (Lipinski definition) is 3. The Morgan fingerprint density at radius 1 is 1.38 bits per heavy atom. The summed E-state index contributed by atoms with van der Waals surface area (Å²) in [6, 6.07) is 1.59. The lowest BCUT2D eigenvalue weighted by atomic mass is 10.2. The van der Waals surface area contributed by atoms with Crippen molar-refractivity contribution in [3.05, 3.63) is 45.1 Å². The molecule has 2 aromatic heterocycles. The van der Waals surface area contributed by atoms with Gasteiger partial charge in [-0.05, 0) is 37.9 Å². The summed E-state index contributed by atoms with van der Waals surface area (Å²) in [4.78, 5) is 8.52. The fraction of sp³-hybridized carbons (Fsp3) is 0.200. The number of rotatable bonds is 2. The molecule has 2 rings (SSSR count). The second-order valence-corrected chi connectivity index (χ2v) is 5.16. The zero-order valence-electron chi connectivity index (χ0n) is 8.56. The molecule has 0 bridgehead atoms. The van der Waals surface area contributed by atoms with Gasteiger partial charge in [0.1, 0.15) is 11.9 Å². The van der Waals surface area contributed by atoms with Crippen LogP contribution in [0.3, 0.4) is 0 Å². The Bertz CT molecular complexity index is 509. The van der Waals surface area contributed by atoms with Crippen molar-refractivity contribution in [3.8, 4) is 0 Å². The highest BCUT2D eigenvalue weighted by Gasteiger charge is 2.17. The topological polar surface area (TPSA) is 56.7 Å². The molecule has 0 saturated carbocycles. The monoisotopic (exact) mass is 344 g/mol. The SMILES string of the molecule is Cn1ccnc1C(N)c1ncc(Br)cc1Br. The highest BCUT2D eigenvalue weighted by atomic mass is 79.9. The van der Waals surface area contributed by atoms with Crippen molar-refractivity contribution in [2.75, 3.05) is 0 Å². The lowest BCUT2D eigenvalue weighted by Gasteiger charge is -2.12. The maximum Gasteiger partial charge on any atom is 0.131 e. The minimum atomic E-state index is -0.331. The molecule has 6 heteroatoms. The minimum absolute atomic E-state index is 0.331. The van der Waals surface area contributed by atoms with Gasteiger partial charge in [-0.2, -0.15) is 0 Å². The van der Waals surface area contributed by atoms with Crippen molar-refractivity contribution >= 4 is 31.9 Å². The van der Waals surface area contributed by atoms with E-state index < -0.39 is 0 Å². The molecular formula is C10H10Br2N4. The molecule has 2 N–H and O–H groups in total. The van der Waals surface area contributed by atoms with E-state index in [1.54, 1.807) is 12.4 Å². The van der Waals surface area contributed by atoms with Gasteiger partial charge in [0, 0.05) is 34.6 Å². The van der Waals surface area contributed by atoms with E-state index in [4.69, 9.17) is 5.73 Å². The molecule has 16 heavy (non-hydrogen) atoms. The van der Waals surface area contributed by atoms with Crippen LogP contribution < -0.4 is 5.73 Å². The molecule has 0 fully saturated rings. The molecule has 1 atom stereocenters. The fourth-order valence-electron chi connectivity index (χ4n) is 1.45. The average Bonchev–Trinajstić information content (AvgIpc) is 2.63. The van der Waals surface area contributed by atoms with Crippen LogP contribution in [0.5, 0.6) is 0 Å². The summed E-state index contributed by atoms with van der Waals surface area (Å²) in [6.07, 6.45) is 5.31. The van der Waals surface area contributed by atoms with E-state index in [0.29, 0.717) is 0 Å². The summed E-state index contributed by atoms with van der Waals surface area (Å²) in [5.74, 6) is 0.788. The first-order valence-corrected chi connectivity index (χ1v) is 6.22. The molecule has 0 amide bonds. The van der Waals surface area contributed by atoms with Crippen molar-refractivity contribution in [2.45, 2.75) is 6.04 Å². The van der Waals surface area contributed by atoms with Crippen LogP contribution in [0.2, 0.25) is 0 Å². The van der Waals surface area contributed by atoms with E-state index in [0.717, 1.165) is 20.5 Å². The van der Waals surface area contributed by atoms with E-state index in [1.807, 2.05) is 23.9 Å². The van der Waals surface area contributed by atoms with Crippen molar-refractivity contribution in [2.24, 2.45) is 12.8 Å². The van der Waals surface area contributed by atoms with E-state index in [2.05, 4.69) is 41.8 Å². The van der Waals surface area contributed by atoms with Crippen LogP contribution in [0, 0.1) is 0 Å². The zero-order valence-corrected chi connectivity index (χ0v) is 11.7. The van der Waals surface area contributed by atoms with E-state index >= 15 is 0 Å². The second kappa shape index (κ2) is 4.65. The predicted octanol–water partition coefficient (Wildman–Crippen LogP) is 2.39. The van der Waals surface area contributed by atoms with Crippen molar-refractivity contribution in [3.63, 3.8) is 0 Å². The smallest absolute Gasteiger partial charge is 0.131 e. The normalized spacial score (nSPS) is 12.8. The summed E-state index contributed by atoms with van der Waals surface area (Å²) < 4.78 is 3.67. The quantitative estimate of drug-likeness (QED) is 0.909. The Labute approximate surface area is 110 Å². The number of nitrogens with two attached hydrogens (primary N) is 1. The van der Waals surface area contributed by atoms with Gasteiger partial charge in [0.2, 0.25) is 0 Å². The van der Waals surface area contributed by atoms with Crippen molar-refractivity contribution < 1.29 is 0 Å². The highest BCUT2D eigenvalue weighted by Crippen LogP contribution is 2.26. The van der Waals surface area contributed by atoms with E-state index in [1.165, 1.54) is 0 Å². The molecule has 2 heterocycles. The first-order chi connectivity index (χ1) is 7.59. The van der Waals surface area contributed by atoms with E-state index in [9.17, 15) is 0 Å².